The topological polar surface area (TPSA) is 281 Å². The fourth-order valence-corrected chi connectivity index (χ4v) is 3.91. The minimum atomic E-state index is -1.35. The molecule has 16 nitrogen and oxygen atoms in total. The number of carbonyl (C=O) groups is 5. The van der Waals surface area contributed by atoms with E-state index in [4.69, 9.17) is 22.3 Å². The van der Waals surface area contributed by atoms with Crippen LogP contribution in [0.3, 0.4) is 0 Å². The smallest absolute Gasteiger partial charge is 0.326 e. The molecule has 2 aromatic rings. The molecule has 1 aromatic heterocycles. The van der Waals surface area contributed by atoms with Gasteiger partial charge in [-0.3, -0.25) is 24.2 Å². The summed E-state index contributed by atoms with van der Waals surface area (Å²) in [5.41, 5.74) is 17.9. The summed E-state index contributed by atoms with van der Waals surface area (Å²) in [6, 6.07) is 3.65. The Morgan fingerprint density at radius 1 is 0.881 bits per heavy atom. The van der Waals surface area contributed by atoms with Crippen LogP contribution in [0.15, 0.2) is 47.8 Å². The summed E-state index contributed by atoms with van der Waals surface area (Å²) in [4.78, 5) is 72.8. The van der Waals surface area contributed by atoms with Gasteiger partial charge in [-0.05, 0) is 24.8 Å². The number of rotatable bonds is 18. The van der Waals surface area contributed by atoms with E-state index in [1.807, 2.05) is 0 Å². The van der Waals surface area contributed by atoms with Gasteiger partial charge in [0.1, 0.15) is 18.1 Å². The zero-order chi connectivity index (χ0) is 31.1. The highest BCUT2D eigenvalue weighted by molar-refractivity contribution is 5.94. The van der Waals surface area contributed by atoms with Gasteiger partial charge in [0.2, 0.25) is 17.7 Å². The predicted octanol–water partition coefficient (Wildman–Crippen LogP) is -2.02. The first-order valence-corrected chi connectivity index (χ1v) is 13.1. The Labute approximate surface area is 241 Å². The average Bonchev–Trinajstić information content (AvgIpc) is 3.45. The number of nitrogens with one attached hydrogen (secondary N) is 4. The summed E-state index contributed by atoms with van der Waals surface area (Å²) < 4.78 is 0. The number of aliphatic imine (C=N–C) groups is 1. The van der Waals surface area contributed by atoms with Crippen molar-refractivity contribution in [3.8, 4) is 0 Å². The molecule has 42 heavy (non-hydrogen) atoms. The molecule has 1 aromatic carbocycles. The molecule has 0 bridgehead atoms. The number of guanidine groups is 1. The van der Waals surface area contributed by atoms with E-state index in [9.17, 15) is 29.1 Å². The first kappa shape index (κ1) is 33.2. The molecule has 12 N–H and O–H groups in total. The fourth-order valence-electron chi connectivity index (χ4n) is 3.91. The third-order valence-corrected chi connectivity index (χ3v) is 6.09. The highest BCUT2D eigenvalue weighted by Gasteiger charge is 2.30. The molecule has 0 aliphatic heterocycles. The quantitative estimate of drug-likeness (QED) is 0.0521. The van der Waals surface area contributed by atoms with Crippen LogP contribution in [0.4, 0.5) is 0 Å². The number of hydrogen-bond donors (Lipinski definition) is 9. The molecule has 228 valence electrons. The molecule has 0 fully saturated rings. The molecule has 0 spiro atoms. The van der Waals surface area contributed by atoms with E-state index in [1.165, 1.54) is 12.5 Å². The van der Waals surface area contributed by atoms with Gasteiger partial charge in [0.15, 0.2) is 5.96 Å². The van der Waals surface area contributed by atoms with Crippen molar-refractivity contribution >= 4 is 35.6 Å². The summed E-state index contributed by atoms with van der Waals surface area (Å²) in [6.45, 7) is 0.121. The second kappa shape index (κ2) is 17.0. The van der Waals surface area contributed by atoms with Gasteiger partial charge in [-0.25, -0.2) is 9.78 Å². The Hall–Kier alpha value is -4.99. The molecule has 1 heterocycles. The van der Waals surface area contributed by atoms with Crippen LogP contribution in [0.25, 0.3) is 0 Å². The number of nitrogens with two attached hydrogens (primary N) is 3. The summed E-state index contributed by atoms with van der Waals surface area (Å²) in [5, 5.41) is 26.3. The number of benzene rings is 1. The van der Waals surface area contributed by atoms with Crippen LogP contribution in [-0.2, 0) is 36.8 Å². The third-order valence-electron chi connectivity index (χ3n) is 6.09. The van der Waals surface area contributed by atoms with Gasteiger partial charge in [0, 0.05) is 37.7 Å². The summed E-state index contributed by atoms with van der Waals surface area (Å²) in [5.74, 6) is -5.03. The number of imidazole rings is 1. The van der Waals surface area contributed by atoms with Gasteiger partial charge in [-0.1, -0.05) is 30.3 Å². The molecule has 4 unspecified atom stereocenters. The summed E-state index contributed by atoms with van der Waals surface area (Å²) in [6.07, 6.45) is 2.44. The van der Waals surface area contributed by atoms with Crippen LogP contribution in [0.1, 0.15) is 36.9 Å². The van der Waals surface area contributed by atoms with E-state index >= 15 is 0 Å². The lowest BCUT2D eigenvalue weighted by Gasteiger charge is -2.25. The molecule has 0 radical (unpaired) electrons. The van der Waals surface area contributed by atoms with E-state index in [-0.39, 0.29) is 44.6 Å². The fraction of sp³-hybridized carbons (Fsp3) is 0.423. The van der Waals surface area contributed by atoms with Crippen molar-refractivity contribution < 1.29 is 34.2 Å². The van der Waals surface area contributed by atoms with Crippen molar-refractivity contribution in [1.29, 1.82) is 0 Å². The van der Waals surface area contributed by atoms with Gasteiger partial charge in [0.05, 0.1) is 12.4 Å². The Morgan fingerprint density at radius 2 is 1.50 bits per heavy atom. The lowest BCUT2D eigenvalue weighted by atomic mass is 10.0. The summed E-state index contributed by atoms with van der Waals surface area (Å²) >= 11 is 0. The molecule has 0 aliphatic carbocycles. The third kappa shape index (κ3) is 12.0. The normalized spacial score (nSPS) is 13.5. The molecule has 16 heteroatoms. The van der Waals surface area contributed by atoms with Crippen LogP contribution < -0.4 is 33.2 Å². The van der Waals surface area contributed by atoms with Gasteiger partial charge in [0.25, 0.3) is 0 Å². The van der Waals surface area contributed by atoms with E-state index in [0.29, 0.717) is 11.3 Å². The lowest BCUT2D eigenvalue weighted by molar-refractivity contribution is -0.142. The summed E-state index contributed by atoms with van der Waals surface area (Å²) in [7, 11) is 0. The first-order chi connectivity index (χ1) is 20.0. The number of aliphatic carboxylic acids is 2. The second-order valence-electron chi connectivity index (χ2n) is 9.48. The van der Waals surface area contributed by atoms with Crippen LogP contribution in [0.5, 0.6) is 0 Å². The Morgan fingerprint density at radius 3 is 2.07 bits per heavy atom. The Balaban J connectivity index is 2.18. The van der Waals surface area contributed by atoms with Crippen LogP contribution >= 0.6 is 0 Å². The monoisotopic (exact) mass is 587 g/mol. The number of aromatic amines is 1. The SMILES string of the molecule is NC(N)=NCCCC(NC(=O)C(CCC(=O)O)NC(=O)C(N)Cc1cnc[nH]1)C(=O)NC(Cc1ccccc1)C(=O)O. The number of carbonyl (C=O) groups excluding carboxylic acids is 3. The van der Waals surface area contributed by atoms with Crippen molar-refractivity contribution in [3.63, 3.8) is 0 Å². The highest BCUT2D eigenvalue weighted by atomic mass is 16.4. The molecule has 4 atom stereocenters. The average molecular weight is 588 g/mol. The zero-order valence-electron chi connectivity index (χ0n) is 22.9. The standard InChI is InChI=1S/C26H37N9O7/c27-17(12-16-13-30-14-32-16)22(38)33-19(8-9-21(36)37)24(40)34-18(7-4-10-31-26(28)29)23(39)35-20(25(41)42)11-15-5-2-1-3-6-15/h1-3,5-6,13-14,17-20H,4,7-12,27H2,(H,30,32)(H,33,38)(H,34,40)(H,35,39)(H,36,37)(H,41,42)(H4,28,29,31). The van der Waals surface area contributed by atoms with E-state index < -0.39 is 60.2 Å². The minimum absolute atomic E-state index is 0.00492. The number of aromatic nitrogens is 2. The molecule has 0 aliphatic rings. The minimum Gasteiger partial charge on any atom is -0.481 e. The van der Waals surface area contributed by atoms with Gasteiger partial charge >= 0.3 is 11.9 Å². The van der Waals surface area contributed by atoms with Crippen LogP contribution in [0, 0.1) is 0 Å². The number of nitrogens with zero attached hydrogens (tertiary/aromatic N) is 2. The number of hydrogen-bond acceptors (Lipinski definition) is 8. The molecule has 0 saturated carbocycles. The highest BCUT2D eigenvalue weighted by Crippen LogP contribution is 2.08. The van der Waals surface area contributed by atoms with Crippen molar-refractivity contribution in [2.45, 2.75) is 62.7 Å². The van der Waals surface area contributed by atoms with Crippen molar-refractivity contribution in [2.75, 3.05) is 6.54 Å². The van der Waals surface area contributed by atoms with Crippen LogP contribution in [-0.4, -0.2) is 86.5 Å². The molecule has 3 amide bonds. The van der Waals surface area contributed by atoms with Gasteiger partial charge < -0.3 is 48.3 Å². The Bertz CT molecular complexity index is 1220. The first-order valence-electron chi connectivity index (χ1n) is 13.1. The molecule has 0 saturated heterocycles. The van der Waals surface area contributed by atoms with Crippen molar-refractivity contribution in [1.82, 2.24) is 25.9 Å². The van der Waals surface area contributed by atoms with Gasteiger partial charge in [-0.2, -0.15) is 0 Å². The Kier molecular flexibility index (Phi) is 13.4. The number of H-pyrrole nitrogens is 1. The molecular weight excluding hydrogens is 550 g/mol. The van der Waals surface area contributed by atoms with Crippen LogP contribution in [0.2, 0.25) is 0 Å². The number of carboxylic acids is 2. The zero-order valence-corrected chi connectivity index (χ0v) is 22.9. The van der Waals surface area contributed by atoms with E-state index in [2.05, 4.69) is 30.9 Å². The molecule has 2 rings (SSSR count). The largest absolute Gasteiger partial charge is 0.481 e. The van der Waals surface area contributed by atoms with Crippen molar-refractivity contribution in [2.24, 2.45) is 22.2 Å². The number of carboxylic acid groups (broad SMARTS) is 2. The predicted molar refractivity (Wildman–Crippen MR) is 151 cm³/mol. The van der Waals surface area contributed by atoms with E-state index in [0.717, 1.165) is 0 Å². The van der Waals surface area contributed by atoms with E-state index in [1.54, 1.807) is 30.3 Å². The molecular formula is C26H37N9O7. The van der Waals surface area contributed by atoms with Crippen molar-refractivity contribution in [3.05, 3.63) is 54.1 Å². The maximum Gasteiger partial charge on any atom is 0.326 e. The number of amides is 3. The second-order valence-corrected chi connectivity index (χ2v) is 9.48. The maximum absolute atomic E-state index is 13.3. The lowest BCUT2D eigenvalue weighted by Crippen LogP contribution is -2.57. The van der Waals surface area contributed by atoms with Gasteiger partial charge in [-0.15, -0.1) is 0 Å². The maximum atomic E-state index is 13.3.